The van der Waals surface area contributed by atoms with Gasteiger partial charge in [-0.15, -0.1) is 0 Å². The third-order valence-corrected chi connectivity index (χ3v) is 4.97. The van der Waals surface area contributed by atoms with Crippen LogP contribution in [-0.2, 0) is 9.31 Å². The Kier molecular flexibility index (Phi) is 4.41. The van der Waals surface area contributed by atoms with Gasteiger partial charge < -0.3 is 14.6 Å². The van der Waals surface area contributed by atoms with E-state index >= 15 is 0 Å². The van der Waals surface area contributed by atoms with Gasteiger partial charge in [0.1, 0.15) is 5.82 Å². The molecule has 1 N–H and O–H groups in total. The Labute approximate surface area is 144 Å². The molecule has 1 aromatic carbocycles. The van der Waals surface area contributed by atoms with Crippen LogP contribution < -0.4 is 10.8 Å². The first-order chi connectivity index (χ1) is 11.3. The summed E-state index contributed by atoms with van der Waals surface area (Å²) in [5, 5.41) is 3.44. The smallest absolute Gasteiger partial charge is 0.399 e. The molecular weight excluding hydrogens is 299 g/mol. The van der Waals surface area contributed by atoms with Gasteiger partial charge in [-0.2, -0.15) is 0 Å². The highest BCUT2D eigenvalue weighted by molar-refractivity contribution is 6.62. The minimum atomic E-state index is -0.370. The number of pyridine rings is 1. The van der Waals surface area contributed by atoms with Crippen molar-refractivity contribution in [3.63, 3.8) is 0 Å². The second-order valence-electron chi connectivity index (χ2n) is 7.34. The number of benzene rings is 1. The van der Waals surface area contributed by atoms with Crippen LogP contribution in [-0.4, -0.2) is 23.3 Å². The summed E-state index contributed by atoms with van der Waals surface area (Å²) in [7, 11) is -0.370. The largest absolute Gasteiger partial charge is 0.495 e. The zero-order chi connectivity index (χ0) is 17.4. The van der Waals surface area contributed by atoms with E-state index in [1.54, 1.807) is 6.20 Å². The van der Waals surface area contributed by atoms with Crippen LogP contribution >= 0.6 is 0 Å². The van der Waals surface area contributed by atoms with Gasteiger partial charge in [-0.25, -0.2) is 4.98 Å². The lowest BCUT2D eigenvalue weighted by Gasteiger charge is -2.32. The van der Waals surface area contributed by atoms with Crippen molar-refractivity contribution in [1.82, 2.24) is 4.98 Å². The monoisotopic (exact) mass is 324 g/mol. The van der Waals surface area contributed by atoms with Crippen molar-refractivity contribution in [2.75, 3.05) is 5.32 Å². The Morgan fingerprint density at radius 3 is 2.25 bits per heavy atom. The third-order valence-electron chi connectivity index (χ3n) is 4.97. The van der Waals surface area contributed by atoms with Crippen LogP contribution in [0.4, 0.5) is 5.82 Å². The molecule has 0 amide bonds. The van der Waals surface area contributed by atoms with Gasteiger partial charge in [0.05, 0.1) is 11.2 Å². The molecule has 0 bridgehead atoms. The lowest BCUT2D eigenvalue weighted by atomic mass is 9.79. The molecule has 1 atom stereocenters. The maximum atomic E-state index is 6.12. The van der Waals surface area contributed by atoms with Crippen molar-refractivity contribution < 1.29 is 9.31 Å². The van der Waals surface area contributed by atoms with E-state index in [2.05, 4.69) is 57.1 Å². The summed E-state index contributed by atoms with van der Waals surface area (Å²) in [5.74, 6) is 0.818. The summed E-state index contributed by atoms with van der Waals surface area (Å²) in [5.41, 5.74) is 1.52. The topological polar surface area (TPSA) is 43.4 Å². The minimum absolute atomic E-state index is 0.173. The van der Waals surface area contributed by atoms with Gasteiger partial charge in [-0.1, -0.05) is 30.3 Å². The summed E-state index contributed by atoms with van der Waals surface area (Å²) in [4.78, 5) is 4.43. The number of hydrogen-bond acceptors (Lipinski definition) is 4. The number of anilines is 1. The van der Waals surface area contributed by atoms with Crippen LogP contribution in [0.5, 0.6) is 0 Å². The Morgan fingerprint density at radius 1 is 1.00 bits per heavy atom. The van der Waals surface area contributed by atoms with Crippen LogP contribution in [0.2, 0.25) is 0 Å². The fourth-order valence-electron chi connectivity index (χ4n) is 2.70. The lowest BCUT2D eigenvalue weighted by molar-refractivity contribution is 0.00578. The van der Waals surface area contributed by atoms with Gasteiger partial charge in [0.25, 0.3) is 0 Å². The Bertz CT molecular complexity index is 688. The van der Waals surface area contributed by atoms with E-state index in [1.165, 1.54) is 5.56 Å². The van der Waals surface area contributed by atoms with E-state index in [-0.39, 0.29) is 24.4 Å². The third kappa shape index (κ3) is 3.33. The molecule has 3 rings (SSSR count). The van der Waals surface area contributed by atoms with Gasteiger partial charge in [0.15, 0.2) is 0 Å². The lowest BCUT2D eigenvalue weighted by Crippen LogP contribution is -2.41. The average Bonchev–Trinajstić information content (AvgIpc) is 2.76. The second kappa shape index (κ2) is 6.23. The first-order valence-electron chi connectivity index (χ1n) is 8.41. The molecule has 24 heavy (non-hydrogen) atoms. The van der Waals surface area contributed by atoms with Gasteiger partial charge >= 0.3 is 7.12 Å². The molecular formula is C19H25BN2O2. The molecule has 0 saturated carbocycles. The predicted molar refractivity (Wildman–Crippen MR) is 98.4 cm³/mol. The van der Waals surface area contributed by atoms with Gasteiger partial charge in [0, 0.05) is 12.2 Å². The quantitative estimate of drug-likeness (QED) is 0.874. The van der Waals surface area contributed by atoms with Crippen molar-refractivity contribution in [3.8, 4) is 0 Å². The van der Waals surface area contributed by atoms with E-state index in [0.717, 1.165) is 11.3 Å². The van der Waals surface area contributed by atoms with Crippen LogP contribution in [0, 0.1) is 0 Å². The summed E-state index contributed by atoms with van der Waals surface area (Å²) < 4.78 is 12.2. The SMILES string of the molecule is CC(Nc1cc(B2OC(C)(C)C(C)(C)O2)ccn1)c1ccccc1. The van der Waals surface area contributed by atoms with Crippen molar-refractivity contribution >= 4 is 18.4 Å². The van der Waals surface area contributed by atoms with Gasteiger partial charge in [-0.3, -0.25) is 0 Å². The van der Waals surface area contributed by atoms with E-state index in [0.29, 0.717) is 0 Å². The number of nitrogens with one attached hydrogen (secondary N) is 1. The van der Waals surface area contributed by atoms with Crippen molar-refractivity contribution in [2.45, 2.75) is 51.9 Å². The summed E-state index contributed by atoms with van der Waals surface area (Å²) in [6.07, 6.45) is 1.79. The molecule has 2 aromatic rings. The molecule has 0 radical (unpaired) electrons. The highest BCUT2D eigenvalue weighted by Crippen LogP contribution is 2.36. The van der Waals surface area contributed by atoms with E-state index in [9.17, 15) is 0 Å². The van der Waals surface area contributed by atoms with Crippen molar-refractivity contribution in [2.24, 2.45) is 0 Å². The summed E-state index contributed by atoms with van der Waals surface area (Å²) in [6.45, 7) is 10.4. The number of hydrogen-bond donors (Lipinski definition) is 1. The summed E-state index contributed by atoms with van der Waals surface area (Å²) >= 11 is 0. The Balaban J connectivity index is 1.76. The van der Waals surface area contributed by atoms with Crippen LogP contribution in [0.3, 0.4) is 0 Å². The standard InChI is InChI=1S/C19H25BN2O2/c1-14(15-9-7-6-8-10-15)22-17-13-16(11-12-21-17)20-23-18(2,3)19(4,5)24-20/h6-14H,1-5H3,(H,21,22). The normalized spacial score (nSPS) is 20.0. The Hall–Kier alpha value is -1.85. The van der Waals surface area contributed by atoms with E-state index in [4.69, 9.17) is 9.31 Å². The predicted octanol–water partition coefficient (Wildman–Crippen LogP) is 3.55. The zero-order valence-corrected chi connectivity index (χ0v) is 15.0. The second-order valence-corrected chi connectivity index (χ2v) is 7.34. The van der Waals surface area contributed by atoms with E-state index in [1.807, 2.05) is 30.3 Å². The highest BCUT2D eigenvalue weighted by Gasteiger charge is 2.51. The fraction of sp³-hybridized carbons (Fsp3) is 0.421. The number of nitrogens with zero attached hydrogens (tertiary/aromatic N) is 1. The minimum Gasteiger partial charge on any atom is -0.399 e. The first-order valence-corrected chi connectivity index (χ1v) is 8.41. The van der Waals surface area contributed by atoms with Gasteiger partial charge in [-0.05, 0) is 57.8 Å². The van der Waals surface area contributed by atoms with Crippen LogP contribution in [0.25, 0.3) is 0 Å². The summed E-state index contributed by atoms with van der Waals surface area (Å²) in [6, 6.07) is 14.4. The molecule has 1 aromatic heterocycles. The highest BCUT2D eigenvalue weighted by atomic mass is 16.7. The molecule has 1 saturated heterocycles. The molecule has 1 aliphatic rings. The zero-order valence-electron chi connectivity index (χ0n) is 15.0. The number of rotatable bonds is 4. The molecule has 1 unspecified atom stereocenters. The molecule has 2 heterocycles. The maximum absolute atomic E-state index is 6.12. The average molecular weight is 324 g/mol. The molecule has 126 valence electrons. The fourth-order valence-corrected chi connectivity index (χ4v) is 2.70. The molecule has 0 aliphatic carbocycles. The molecule has 4 nitrogen and oxygen atoms in total. The number of aromatic nitrogens is 1. The molecule has 1 fully saturated rings. The molecule has 5 heteroatoms. The van der Waals surface area contributed by atoms with Crippen LogP contribution in [0.1, 0.15) is 46.2 Å². The molecule has 0 spiro atoms. The Morgan fingerprint density at radius 2 is 1.62 bits per heavy atom. The van der Waals surface area contributed by atoms with Crippen LogP contribution in [0.15, 0.2) is 48.7 Å². The molecule has 1 aliphatic heterocycles. The van der Waals surface area contributed by atoms with Gasteiger partial charge in [0.2, 0.25) is 0 Å². The van der Waals surface area contributed by atoms with Crippen molar-refractivity contribution in [3.05, 3.63) is 54.2 Å². The van der Waals surface area contributed by atoms with Crippen molar-refractivity contribution in [1.29, 1.82) is 0 Å². The maximum Gasteiger partial charge on any atom is 0.495 e. The first kappa shape index (κ1) is 17.0. The van der Waals surface area contributed by atoms with E-state index < -0.39 is 0 Å².